The first-order valence-electron chi connectivity index (χ1n) is 12.5. The van der Waals surface area contributed by atoms with Crippen molar-refractivity contribution in [1.29, 1.82) is 0 Å². The Hall–Kier alpha value is -3.51. The number of carbonyl (C=O) groups excluding carboxylic acids is 1. The van der Waals surface area contributed by atoms with Crippen LogP contribution in [-0.2, 0) is 22.6 Å². The number of hydrogen-bond acceptors (Lipinski definition) is 3. The number of carbonyl (C=O) groups is 2. The third-order valence-corrected chi connectivity index (χ3v) is 7.01. The molecule has 3 aromatic carbocycles. The third-order valence-electron chi connectivity index (χ3n) is 7.01. The molecule has 0 saturated heterocycles. The van der Waals surface area contributed by atoms with E-state index in [1.54, 1.807) is 17.9 Å². The van der Waals surface area contributed by atoms with E-state index >= 15 is 0 Å². The van der Waals surface area contributed by atoms with Crippen molar-refractivity contribution < 1.29 is 23.8 Å². The highest BCUT2D eigenvalue weighted by Gasteiger charge is 2.36. The van der Waals surface area contributed by atoms with Crippen molar-refractivity contribution in [3.8, 4) is 11.1 Å². The number of fused-ring (bicyclic) bond motifs is 1. The van der Waals surface area contributed by atoms with Crippen LogP contribution >= 0.6 is 0 Å². The van der Waals surface area contributed by atoms with Gasteiger partial charge < -0.3 is 14.7 Å². The van der Waals surface area contributed by atoms with Gasteiger partial charge in [-0.25, -0.2) is 9.18 Å². The fourth-order valence-electron chi connectivity index (χ4n) is 5.13. The minimum absolute atomic E-state index is 0.183. The maximum atomic E-state index is 13.8. The third kappa shape index (κ3) is 5.16. The van der Waals surface area contributed by atoms with Crippen LogP contribution in [0.1, 0.15) is 76.2 Å². The van der Waals surface area contributed by atoms with Crippen molar-refractivity contribution in [1.82, 2.24) is 4.90 Å². The highest BCUT2D eigenvalue weighted by Crippen LogP contribution is 2.44. The van der Waals surface area contributed by atoms with Gasteiger partial charge in [-0.05, 0) is 106 Å². The maximum absolute atomic E-state index is 13.8. The molecule has 0 radical (unpaired) electrons. The van der Waals surface area contributed by atoms with Gasteiger partial charge in [0.2, 0.25) is 0 Å². The number of carboxylic acid groups (broad SMARTS) is 1. The van der Waals surface area contributed by atoms with Crippen LogP contribution in [0.3, 0.4) is 0 Å². The van der Waals surface area contributed by atoms with Gasteiger partial charge in [-0.15, -0.1) is 0 Å². The Morgan fingerprint density at radius 3 is 2.08 bits per heavy atom. The van der Waals surface area contributed by atoms with Gasteiger partial charge in [0.25, 0.3) is 5.91 Å². The Morgan fingerprint density at radius 1 is 0.946 bits per heavy atom. The van der Waals surface area contributed by atoms with Crippen LogP contribution in [0.15, 0.2) is 42.5 Å². The fourth-order valence-corrected chi connectivity index (χ4v) is 5.13. The number of ether oxygens (including phenoxy) is 1. The number of halogens is 1. The summed E-state index contributed by atoms with van der Waals surface area (Å²) in [6, 6.07) is 12.4. The molecule has 0 aliphatic carbocycles. The van der Waals surface area contributed by atoms with Crippen LogP contribution in [0.4, 0.5) is 4.39 Å². The smallest absolute Gasteiger partial charge is 0.337 e. The summed E-state index contributed by atoms with van der Waals surface area (Å²) in [6.45, 7) is 13.8. The molecule has 1 N–H and O–H groups in total. The van der Waals surface area contributed by atoms with E-state index in [9.17, 15) is 19.1 Å². The van der Waals surface area contributed by atoms with Crippen molar-refractivity contribution in [3.05, 3.63) is 92.8 Å². The second-order valence-corrected chi connectivity index (χ2v) is 10.9. The molecule has 1 aliphatic heterocycles. The Morgan fingerprint density at radius 2 is 1.54 bits per heavy atom. The normalized spacial score (nSPS) is 14.0. The van der Waals surface area contributed by atoms with Gasteiger partial charge in [-0.2, -0.15) is 0 Å². The Labute approximate surface area is 217 Å². The van der Waals surface area contributed by atoms with Gasteiger partial charge in [-0.3, -0.25) is 4.79 Å². The molecular weight excluding hydrogens is 469 g/mol. The standard InChI is InChI=1S/C31H34FNO4/c1-17-8-10-21(11-9-17)26-19(3)23-15-33(29(34)22-12-13-25(32)18(2)14-22)16-24(23)20(4)27(26)28(30(35)36)37-31(5,6)7/h8-14,28H,15-16H2,1-7H3,(H,35,36)/t28-/m0/s1. The van der Waals surface area contributed by atoms with E-state index in [4.69, 9.17) is 4.74 Å². The van der Waals surface area contributed by atoms with Gasteiger partial charge in [0.1, 0.15) is 5.82 Å². The monoisotopic (exact) mass is 503 g/mol. The largest absolute Gasteiger partial charge is 0.479 e. The molecule has 5 nitrogen and oxygen atoms in total. The summed E-state index contributed by atoms with van der Waals surface area (Å²) in [5.41, 5.74) is 7.35. The van der Waals surface area contributed by atoms with E-state index in [1.807, 2.05) is 65.8 Å². The topological polar surface area (TPSA) is 66.8 Å². The SMILES string of the molecule is Cc1ccc(-c2c(C)c3c(c(C)c2[C@H](OC(C)(C)C)C(=O)O)CN(C(=O)c2ccc(F)c(C)c2)C3)cc1. The van der Waals surface area contributed by atoms with E-state index in [1.165, 1.54) is 12.1 Å². The second kappa shape index (κ2) is 9.75. The number of aryl methyl sites for hydroxylation is 2. The number of hydrogen-bond donors (Lipinski definition) is 1. The molecule has 1 amide bonds. The zero-order valence-electron chi connectivity index (χ0n) is 22.5. The van der Waals surface area contributed by atoms with Crippen molar-refractivity contribution in [2.45, 2.75) is 73.3 Å². The lowest BCUT2D eigenvalue weighted by Gasteiger charge is -2.29. The van der Waals surface area contributed by atoms with Crippen LogP contribution in [0.25, 0.3) is 11.1 Å². The quantitative estimate of drug-likeness (QED) is 0.415. The van der Waals surface area contributed by atoms with Gasteiger partial charge >= 0.3 is 5.97 Å². The summed E-state index contributed by atoms with van der Waals surface area (Å²) >= 11 is 0. The van der Waals surface area contributed by atoms with Gasteiger partial charge in [0.15, 0.2) is 6.10 Å². The first-order chi connectivity index (χ1) is 17.3. The van der Waals surface area contributed by atoms with Crippen LogP contribution in [0.5, 0.6) is 0 Å². The molecule has 4 rings (SSSR count). The first kappa shape index (κ1) is 26.6. The van der Waals surface area contributed by atoms with E-state index in [0.717, 1.165) is 38.9 Å². The Balaban J connectivity index is 1.88. The zero-order chi connectivity index (χ0) is 27.2. The summed E-state index contributed by atoms with van der Waals surface area (Å²) in [6.07, 6.45) is -1.18. The highest BCUT2D eigenvalue weighted by atomic mass is 19.1. The molecule has 0 unspecified atom stereocenters. The molecular formula is C31H34FNO4. The molecule has 1 heterocycles. The average molecular weight is 504 g/mol. The number of amides is 1. The predicted octanol–water partition coefficient (Wildman–Crippen LogP) is 6.82. The van der Waals surface area contributed by atoms with E-state index in [-0.39, 0.29) is 11.7 Å². The highest BCUT2D eigenvalue weighted by molar-refractivity contribution is 5.95. The second-order valence-electron chi connectivity index (χ2n) is 10.9. The van der Waals surface area contributed by atoms with Gasteiger partial charge in [0, 0.05) is 24.2 Å². The summed E-state index contributed by atoms with van der Waals surface area (Å²) in [4.78, 5) is 27.7. The maximum Gasteiger partial charge on any atom is 0.337 e. The summed E-state index contributed by atoms with van der Waals surface area (Å²) in [5, 5.41) is 10.3. The van der Waals surface area contributed by atoms with Crippen molar-refractivity contribution in [3.63, 3.8) is 0 Å². The molecule has 3 aromatic rings. The molecule has 0 aromatic heterocycles. The van der Waals surface area contributed by atoms with E-state index in [0.29, 0.717) is 29.8 Å². The molecule has 6 heteroatoms. The Kier molecular flexibility index (Phi) is 6.99. The molecule has 0 bridgehead atoms. The molecule has 0 fully saturated rings. The zero-order valence-corrected chi connectivity index (χ0v) is 22.5. The van der Waals surface area contributed by atoms with E-state index in [2.05, 4.69) is 0 Å². The number of rotatable bonds is 5. The predicted molar refractivity (Wildman–Crippen MR) is 142 cm³/mol. The average Bonchev–Trinajstić information content (AvgIpc) is 3.27. The lowest BCUT2D eigenvalue weighted by Crippen LogP contribution is -2.28. The van der Waals surface area contributed by atoms with Crippen LogP contribution in [-0.4, -0.2) is 27.5 Å². The van der Waals surface area contributed by atoms with Gasteiger partial charge in [0.05, 0.1) is 5.60 Å². The number of nitrogens with zero attached hydrogens (tertiary/aromatic N) is 1. The van der Waals surface area contributed by atoms with Crippen LogP contribution in [0, 0.1) is 33.5 Å². The molecule has 0 saturated carbocycles. The van der Waals surface area contributed by atoms with E-state index < -0.39 is 17.7 Å². The molecule has 194 valence electrons. The van der Waals surface area contributed by atoms with Crippen molar-refractivity contribution >= 4 is 11.9 Å². The molecule has 1 atom stereocenters. The number of carboxylic acids is 1. The lowest BCUT2D eigenvalue weighted by molar-refractivity contribution is -0.160. The van der Waals surface area contributed by atoms with Crippen LogP contribution in [0.2, 0.25) is 0 Å². The summed E-state index contributed by atoms with van der Waals surface area (Å²) < 4.78 is 19.9. The minimum Gasteiger partial charge on any atom is -0.479 e. The molecule has 37 heavy (non-hydrogen) atoms. The first-order valence-corrected chi connectivity index (χ1v) is 12.5. The van der Waals surface area contributed by atoms with Crippen molar-refractivity contribution in [2.24, 2.45) is 0 Å². The molecule has 1 aliphatic rings. The minimum atomic E-state index is -1.18. The van der Waals surface area contributed by atoms with Crippen molar-refractivity contribution in [2.75, 3.05) is 0 Å². The molecule has 0 spiro atoms. The lowest BCUT2D eigenvalue weighted by atomic mass is 9.83. The Bertz CT molecular complexity index is 1390. The fraction of sp³-hybridized carbons (Fsp3) is 0.355. The van der Waals surface area contributed by atoms with Gasteiger partial charge in [-0.1, -0.05) is 29.8 Å². The number of aliphatic carboxylic acids is 1. The summed E-state index contributed by atoms with van der Waals surface area (Å²) in [7, 11) is 0. The number of benzene rings is 3. The van der Waals surface area contributed by atoms with Crippen LogP contribution < -0.4 is 0 Å². The summed E-state index contributed by atoms with van der Waals surface area (Å²) in [5.74, 6) is -1.59.